The summed E-state index contributed by atoms with van der Waals surface area (Å²) in [6, 6.07) is 0. The van der Waals surface area contributed by atoms with Gasteiger partial charge in [-0.15, -0.1) is 0 Å². The van der Waals surface area contributed by atoms with Crippen molar-refractivity contribution in [1.82, 2.24) is 9.97 Å². The number of anilines is 1. The van der Waals surface area contributed by atoms with E-state index in [9.17, 15) is 4.39 Å². The summed E-state index contributed by atoms with van der Waals surface area (Å²) in [5, 5.41) is 3.17. The molecule has 4 heteroatoms. The van der Waals surface area contributed by atoms with Crippen LogP contribution in [0.2, 0.25) is 0 Å². The molecule has 1 aromatic rings. The van der Waals surface area contributed by atoms with Gasteiger partial charge in [0.05, 0.1) is 12.4 Å². The summed E-state index contributed by atoms with van der Waals surface area (Å²) in [6.07, 6.45) is 7.42. The van der Waals surface area contributed by atoms with Gasteiger partial charge in [-0.3, -0.25) is 0 Å². The SMILES string of the molecule is CCCC1(CNc2ncc(F)cn2)CC1. The summed E-state index contributed by atoms with van der Waals surface area (Å²) in [5.41, 5.74) is 0.465. The molecule has 1 fully saturated rings. The fraction of sp³-hybridized carbons (Fsp3) is 0.636. The van der Waals surface area contributed by atoms with Crippen LogP contribution in [0.5, 0.6) is 0 Å². The van der Waals surface area contributed by atoms with E-state index in [0.29, 0.717) is 11.4 Å². The minimum absolute atomic E-state index is 0.393. The molecule has 0 aliphatic heterocycles. The first-order valence-electron chi connectivity index (χ1n) is 5.45. The van der Waals surface area contributed by atoms with Gasteiger partial charge in [0.1, 0.15) is 0 Å². The molecule has 0 atom stereocenters. The van der Waals surface area contributed by atoms with E-state index in [0.717, 1.165) is 6.54 Å². The fourth-order valence-electron chi connectivity index (χ4n) is 1.89. The molecule has 1 aromatic heterocycles. The lowest BCUT2D eigenvalue weighted by Gasteiger charge is -2.14. The maximum absolute atomic E-state index is 12.5. The van der Waals surface area contributed by atoms with Crippen LogP contribution in [0.1, 0.15) is 32.6 Å². The number of nitrogens with one attached hydrogen (secondary N) is 1. The van der Waals surface area contributed by atoms with Crippen molar-refractivity contribution in [3.8, 4) is 0 Å². The van der Waals surface area contributed by atoms with E-state index < -0.39 is 5.82 Å². The molecule has 3 nitrogen and oxygen atoms in total. The lowest BCUT2D eigenvalue weighted by molar-refractivity contribution is 0.484. The van der Waals surface area contributed by atoms with Crippen molar-refractivity contribution in [2.45, 2.75) is 32.6 Å². The van der Waals surface area contributed by atoms with Gasteiger partial charge in [0.25, 0.3) is 0 Å². The van der Waals surface area contributed by atoms with Gasteiger partial charge >= 0.3 is 0 Å². The largest absolute Gasteiger partial charge is 0.354 e. The molecule has 1 aliphatic rings. The molecular formula is C11H16FN3. The average Bonchev–Trinajstić information content (AvgIpc) is 2.99. The van der Waals surface area contributed by atoms with Crippen molar-refractivity contribution in [2.24, 2.45) is 5.41 Å². The average molecular weight is 209 g/mol. The zero-order chi connectivity index (χ0) is 10.7. The van der Waals surface area contributed by atoms with Crippen LogP contribution in [0.15, 0.2) is 12.4 Å². The lowest BCUT2D eigenvalue weighted by atomic mass is 10.0. The predicted molar refractivity (Wildman–Crippen MR) is 57.1 cm³/mol. The molecule has 0 amide bonds. The number of hydrogen-bond acceptors (Lipinski definition) is 3. The van der Waals surface area contributed by atoms with Crippen LogP contribution in [-0.2, 0) is 0 Å². The first-order valence-corrected chi connectivity index (χ1v) is 5.45. The Morgan fingerprint density at radius 2 is 2.07 bits per heavy atom. The highest BCUT2D eigenvalue weighted by molar-refractivity contribution is 5.24. The molecule has 0 bridgehead atoms. The number of hydrogen-bond donors (Lipinski definition) is 1. The summed E-state index contributed by atoms with van der Waals surface area (Å²) in [6.45, 7) is 3.11. The second-order valence-corrected chi connectivity index (χ2v) is 4.33. The highest BCUT2D eigenvalue weighted by Crippen LogP contribution is 2.49. The molecule has 1 aliphatic carbocycles. The topological polar surface area (TPSA) is 37.8 Å². The Morgan fingerprint density at radius 1 is 1.40 bits per heavy atom. The second kappa shape index (κ2) is 4.13. The molecule has 0 saturated heterocycles. The molecule has 0 unspecified atom stereocenters. The molecule has 0 radical (unpaired) electrons. The number of aromatic nitrogens is 2. The zero-order valence-corrected chi connectivity index (χ0v) is 8.96. The van der Waals surface area contributed by atoms with Crippen molar-refractivity contribution in [3.63, 3.8) is 0 Å². The van der Waals surface area contributed by atoms with E-state index in [2.05, 4.69) is 22.2 Å². The Balaban J connectivity index is 1.85. The van der Waals surface area contributed by atoms with Crippen molar-refractivity contribution < 1.29 is 4.39 Å². The lowest BCUT2D eigenvalue weighted by Crippen LogP contribution is -2.16. The Bertz CT molecular complexity index is 319. The smallest absolute Gasteiger partial charge is 0.222 e. The second-order valence-electron chi connectivity index (χ2n) is 4.33. The Labute approximate surface area is 89.1 Å². The summed E-state index contributed by atoms with van der Waals surface area (Å²) in [5.74, 6) is 0.133. The van der Waals surface area contributed by atoms with E-state index in [1.807, 2.05) is 0 Å². The number of nitrogens with zero attached hydrogens (tertiary/aromatic N) is 2. The van der Waals surface area contributed by atoms with Gasteiger partial charge < -0.3 is 5.32 Å². The van der Waals surface area contributed by atoms with E-state index in [4.69, 9.17) is 0 Å². The fourth-order valence-corrected chi connectivity index (χ4v) is 1.89. The van der Waals surface area contributed by atoms with Crippen LogP contribution >= 0.6 is 0 Å². The van der Waals surface area contributed by atoms with Crippen LogP contribution in [0.3, 0.4) is 0 Å². The van der Waals surface area contributed by atoms with Crippen LogP contribution < -0.4 is 5.32 Å². The third-order valence-electron chi connectivity index (χ3n) is 2.98. The molecule has 2 rings (SSSR count). The summed E-state index contributed by atoms with van der Waals surface area (Å²) >= 11 is 0. The van der Waals surface area contributed by atoms with Crippen LogP contribution in [0.25, 0.3) is 0 Å². The van der Waals surface area contributed by atoms with Gasteiger partial charge in [0.15, 0.2) is 5.82 Å². The van der Waals surface area contributed by atoms with Crippen molar-refractivity contribution in [2.75, 3.05) is 11.9 Å². The maximum Gasteiger partial charge on any atom is 0.222 e. The highest BCUT2D eigenvalue weighted by Gasteiger charge is 2.41. The third-order valence-corrected chi connectivity index (χ3v) is 2.98. The minimum atomic E-state index is -0.393. The van der Waals surface area contributed by atoms with E-state index in [-0.39, 0.29) is 0 Å². The third kappa shape index (κ3) is 2.64. The maximum atomic E-state index is 12.5. The molecule has 0 spiro atoms. The summed E-state index contributed by atoms with van der Waals surface area (Å²) in [7, 11) is 0. The van der Waals surface area contributed by atoms with E-state index >= 15 is 0 Å². The molecule has 1 heterocycles. The molecule has 82 valence electrons. The molecule has 1 N–H and O–H groups in total. The highest BCUT2D eigenvalue weighted by atomic mass is 19.1. The molecular weight excluding hydrogens is 193 g/mol. The van der Waals surface area contributed by atoms with Crippen LogP contribution in [-0.4, -0.2) is 16.5 Å². The first kappa shape index (κ1) is 10.3. The number of rotatable bonds is 5. The van der Waals surface area contributed by atoms with Crippen LogP contribution in [0, 0.1) is 11.2 Å². The molecule has 0 aromatic carbocycles. The van der Waals surface area contributed by atoms with Gasteiger partial charge in [-0.25, -0.2) is 14.4 Å². The van der Waals surface area contributed by atoms with Gasteiger partial charge in [0, 0.05) is 6.54 Å². The predicted octanol–water partition coefficient (Wildman–Crippen LogP) is 2.61. The number of halogens is 1. The van der Waals surface area contributed by atoms with Crippen LogP contribution in [0.4, 0.5) is 10.3 Å². The van der Waals surface area contributed by atoms with Gasteiger partial charge in [0.2, 0.25) is 5.95 Å². The Morgan fingerprint density at radius 3 is 2.60 bits per heavy atom. The van der Waals surface area contributed by atoms with E-state index in [1.165, 1.54) is 38.1 Å². The van der Waals surface area contributed by atoms with E-state index in [1.54, 1.807) is 0 Å². The monoisotopic (exact) mass is 209 g/mol. The Hall–Kier alpha value is -1.19. The van der Waals surface area contributed by atoms with Gasteiger partial charge in [-0.2, -0.15) is 0 Å². The standard InChI is InChI=1S/C11H16FN3/c1-2-3-11(4-5-11)8-15-10-13-6-9(12)7-14-10/h6-7H,2-5,8H2,1H3,(H,13,14,15). The summed E-state index contributed by atoms with van der Waals surface area (Å²) in [4.78, 5) is 7.74. The van der Waals surface area contributed by atoms with Crippen molar-refractivity contribution in [3.05, 3.63) is 18.2 Å². The van der Waals surface area contributed by atoms with Crippen molar-refractivity contribution in [1.29, 1.82) is 0 Å². The van der Waals surface area contributed by atoms with Crippen molar-refractivity contribution >= 4 is 5.95 Å². The minimum Gasteiger partial charge on any atom is -0.354 e. The van der Waals surface area contributed by atoms with Gasteiger partial charge in [-0.1, -0.05) is 13.3 Å². The summed E-state index contributed by atoms with van der Waals surface area (Å²) < 4.78 is 12.5. The first-order chi connectivity index (χ1) is 7.24. The zero-order valence-electron chi connectivity index (χ0n) is 8.96. The molecule has 15 heavy (non-hydrogen) atoms. The molecule has 1 saturated carbocycles. The van der Waals surface area contributed by atoms with Gasteiger partial charge in [-0.05, 0) is 24.7 Å². The quantitative estimate of drug-likeness (QED) is 0.810. The normalized spacial score (nSPS) is 17.5. The Kier molecular flexibility index (Phi) is 2.84.